The molecule has 2 nitrogen and oxygen atoms in total. The zero-order chi connectivity index (χ0) is 19.9. The number of allylic oxidation sites excluding steroid dienone is 2. The Bertz CT molecular complexity index is 935. The van der Waals surface area contributed by atoms with Crippen LogP contribution in [0.15, 0.2) is 36.4 Å². The molecule has 2 aromatic rings. The molecular weight excluding hydrogens is 358 g/mol. The maximum absolute atomic E-state index is 14.6. The van der Waals surface area contributed by atoms with E-state index in [2.05, 4.69) is 11.8 Å². The Morgan fingerprint density at radius 2 is 1.86 bits per heavy atom. The second-order valence-corrected chi connectivity index (χ2v) is 6.84. The molecular formula is C24H24F2O2. The van der Waals surface area contributed by atoms with E-state index in [0.29, 0.717) is 24.8 Å². The molecule has 0 amide bonds. The fourth-order valence-electron chi connectivity index (χ4n) is 3.51. The SMILES string of the molecule is COc1ccc2c(c1)CCCC(c1ccc(F)cc1F)=C2C#CCCCCO. The summed E-state index contributed by atoms with van der Waals surface area (Å²) in [6.07, 6.45) is 4.54. The number of aliphatic hydroxyl groups is 1. The van der Waals surface area contributed by atoms with Gasteiger partial charge in [0, 0.05) is 30.2 Å². The van der Waals surface area contributed by atoms with Gasteiger partial charge >= 0.3 is 0 Å². The highest BCUT2D eigenvalue weighted by Gasteiger charge is 2.20. The van der Waals surface area contributed by atoms with Crippen LogP contribution in [0.2, 0.25) is 0 Å². The van der Waals surface area contributed by atoms with Crippen LogP contribution < -0.4 is 4.74 Å². The maximum Gasteiger partial charge on any atom is 0.133 e. The zero-order valence-corrected chi connectivity index (χ0v) is 16.0. The van der Waals surface area contributed by atoms with Crippen molar-refractivity contribution in [2.45, 2.75) is 38.5 Å². The molecule has 1 aliphatic carbocycles. The van der Waals surface area contributed by atoms with Gasteiger partial charge in [0.15, 0.2) is 0 Å². The van der Waals surface area contributed by atoms with Gasteiger partial charge in [0.05, 0.1) is 7.11 Å². The molecule has 0 aliphatic heterocycles. The minimum absolute atomic E-state index is 0.152. The summed E-state index contributed by atoms with van der Waals surface area (Å²) in [6, 6.07) is 9.58. The molecule has 0 fully saturated rings. The van der Waals surface area contributed by atoms with Crippen molar-refractivity contribution >= 4 is 11.1 Å². The first-order chi connectivity index (χ1) is 13.6. The lowest BCUT2D eigenvalue weighted by Crippen LogP contribution is -1.96. The molecule has 2 aromatic carbocycles. The Balaban J connectivity index is 2.12. The molecule has 0 heterocycles. The van der Waals surface area contributed by atoms with Crippen LogP contribution in [0.1, 0.15) is 48.8 Å². The van der Waals surface area contributed by atoms with Crippen molar-refractivity contribution in [2.24, 2.45) is 0 Å². The van der Waals surface area contributed by atoms with Crippen molar-refractivity contribution < 1.29 is 18.6 Å². The third kappa shape index (κ3) is 4.61. The van der Waals surface area contributed by atoms with Crippen molar-refractivity contribution in [3.8, 4) is 17.6 Å². The molecule has 1 aliphatic rings. The number of methoxy groups -OCH3 is 1. The summed E-state index contributed by atoms with van der Waals surface area (Å²) < 4.78 is 33.3. The van der Waals surface area contributed by atoms with Gasteiger partial charge in [-0.3, -0.25) is 0 Å². The van der Waals surface area contributed by atoms with Crippen molar-refractivity contribution in [2.75, 3.05) is 13.7 Å². The Morgan fingerprint density at radius 1 is 1.04 bits per heavy atom. The second-order valence-electron chi connectivity index (χ2n) is 6.84. The molecule has 3 rings (SSSR count). The number of halogens is 2. The smallest absolute Gasteiger partial charge is 0.133 e. The average molecular weight is 382 g/mol. The van der Waals surface area contributed by atoms with E-state index in [1.807, 2.05) is 18.2 Å². The minimum Gasteiger partial charge on any atom is -0.497 e. The van der Waals surface area contributed by atoms with Crippen molar-refractivity contribution in [1.82, 2.24) is 0 Å². The largest absolute Gasteiger partial charge is 0.497 e. The van der Waals surface area contributed by atoms with E-state index in [-0.39, 0.29) is 6.61 Å². The standard InChI is InChI=1S/C24H24F2O2/c1-28-19-11-13-20-17(15-19)7-6-9-22(21(20)8-4-2-3-5-14-27)23-12-10-18(25)16-24(23)26/h10-13,15-16,27H,2-3,5-7,9,14H2,1H3. The monoisotopic (exact) mass is 382 g/mol. The molecule has 0 radical (unpaired) electrons. The van der Waals surface area contributed by atoms with Gasteiger partial charge in [-0.1, -0.05) is 11.8 Å². The molecule has 4 heteroatoms. The van der Waals surface area contributed by atoms with Gasteiger partial charge in [0.1, 0.15) is 17.4 Å². The molecule has 146 valence electrons. The van der Waals surface area contributed by atoms with Crippen molar-refractivity contribution in [3.05, 3.63) is 64.7 Å². The lowest BCUT2D eigenvalue weighted by Gasteiger charge is -2.13. The van der Waals surface area contributed by atoms with E-state index in [4.69, 9.17) is 9.84 Å². The summed E-state index contributed by atoms with van der Waals surface area (Å²) >= 11 is 0. The fourth-order valence-corrected chi connectivity index (χ4v) is 3.51. The third-order valence-corrected chi connectivity index (χ3v) is 4.94. The Morgan fingerprint density at radius 3 is 2.61 bits per heavy atom. The topological polar surface area (TPSA) is 29.5 Å². The highest BCUT2D eigenvalue weighted by Crippen LogP contribution is 2.37. The first-order valence-electron chi connectivity index (χ1n) is 9.59. The van der Waals surface area contributed by atoms with Gasteiger partial charge < -0.3 is 9.84 Å². The molecule has 28 heavy (non-hydrogen) atoms. The van der Waals surface area contributed by atoms with Crippen LogP contribution in [0.5, 0.6) is 5.75 Å². The number of hydrogen-bond donors (Lipinski definition) is 1. The van der Waals surface area contributed by atoms with Gasteiger partial charge in [-0.05, 0) is 79.1 Å². The molecule has 0 unspecified atom stereocenters. The predicted molar refractivity (Wildman–Crippen MR) is 108 cm³/mol. The van der Waals surface area contributed by atoms with Gasteiger partial charge in [0.2, 0.25) is 0 Å². The molecule has 0 aromatic heterocycles. The Kier molecular flexibility index (Phi) is 6.84. The number of benzene rings is 2. The quantitative estimate of drug-likeness (QED) is 0.555. The average Bonchev–Trinajstić information content (AvgIpc) is 2.86. The summed E-state index contributed by atoms with van der Waals surface area (Å²) in [6.45, 7) is 0.152. The van der Waals surface area contributed by atoms with E-state index < -0.39 is 11.6 Å². The number of rotatable bonds is 5. The van der Waals surface area contributed by atoms with Crippen LogP contribution in [0.4, 0.5) is 8.78 Å². The number of fused-ring (bicyclic) bond motifs is 1. The van der Waals surface area contributed by atoms with Gasteiger partial charge in [0.25, 0.3) is 0 Å². The normalized spacial score (nSPS) is 13.4. The minimum atomic E-state index is -0.586. The zero-order valence-electron chi connectivity index (χ0n) is 16.0. The van der Waals surface area contributed by atoms with Crippen LogP contribution in [-0.2, 0) is 6.42 Å². The molecule has 0 saturated carbocycles. The predicted octanol–water partition coefficient (Wildman–Crippen LogP) is 5.39. The number of aliphatic hydroxyl groups excluding tert-OH is 1. The van der Waals surface area contributed by atoms with Gasteiger partial charge in [-0.25, -0.2) is 8.78 Å². The first-order valence-corrected chi connectivity index (χ1v) is 9.59. The molecule has 0 saturated heterocycles. The van der Waals surface area contributed by atoms with Crippen LogP contribution in [0, 0.1) is 23.5 Å². The molecule has 0 bridgehead atoms. The Hall–Kier alpha value is -2.64. The highest BCUT2D eigenvalue weighted by atomic mass is 19.1. The second kappa shape index (κ2) is 9.52. The van der Waals surface area contributed by atoms with Crippen LogP contribution in [0.25, 0.3) is 11.1 Å². The van der Waals surface area contributed by atoms with E-state index in [0.717, 1.165) is 53.4 Å². The van der Waals surface area contributed by atoms with Crippen LogP contribution in [-0.4, -0.2) is 18.8 Å². The fraction of sp³-hybridized carbons (Fsp3) is 0.333. The summed E-state index contributed by atoms with van der Waals surface area (Å²) in [4.78, 5) is 0. The first kappa shape index (κ1) is 20.1. The lowest BCUT2D eigenvalue weighted by molar-refractivity contribution is 0.285. The van der Waals surface area contributed by atoms with E-state index >= 15 is 0 Å². The summed E-state index contributed by atoms with van der Waals surface area (Å²) in [5.74, 6) is 6.06. The van der Waals surface area contributed by atoms with Crippen molar-refractivity contribution in [3.63, 3.8) is 0 Å². The number of aryl methyl sites for hydroxylation is 1. The van der Waals surface area contributed by atoms with Crippen LogP contribution >= 0.6 is 0 Å². The molecule has 0 spiro atoms. The highest BCUT2D eigenvalue weighted by molar-refractivity contribution is 5.99. The summed E-state index contributed by atoms with van der Waals surface area (Å²) in [7, 11) is 1.63. The van der Waals surface area contributed by atoms with Gasteiger partial charge in [-0.15, -0.1) is 0 Å². The number of ether oxygens (including phenoxy) is 1. The molecule has 1 N–H and O–H groups in total. The third-order valence-electron chi connectivity index (χ3n) is 4.94. The maximum atomic E-state index is 14.6. The van der Waals surface area contributed by atoms with E-state index in [1.165, 1.54) is 12.1 Å². The summed E-state index contributed by atoms with van der Waals surface area (Å²) in [5, 5.41) is 8.93. The number of unbranched alkanes of at least 4 members (excludes halogenated alkanes) is 2. The lowest BCUT2D eigenvalue weighted by atomic mass is 9.92. The molecule has 0 atom stereocenters. The van der Waals surface area contributed by atoms with Crippen molar-refractivity contribution in [1.29, 1.82) is 0 Å². The van der Waals surface area contributed by atoms with E-state index in [9.17, 15) is 8.78 Å². The van der Waals surface area contributed by atoms with Gasteiger partial charge in [-0.2, -0.15) is 0 Å². The Labute approximate surface area is 164 Å². The summed E-state index contributed by atoms with van der Waals surface area (Å²) in [5.41, 5.74) is 4.12. The van der Waals surface area contributed by atoms with Crippen LogP contribution in [0.3, 0.4) is 0 Å². The van der Waals surface area contributed by atoms with E-state index in [1.54, 1.807) is 7.11 Å². The number of hydrogen-bond acceptors (Lipinski definition) is 2.